The van der Waals surface area contributed by atoms with Crippen molar-refractivity contribution in [2.75, 3.05) is 7.05 Å². The molecule has 2 N–H and O–H groups in total. The zero-order valence-electron chi connectivity index (χ0n) is 11.9. The van der Waals surface area contributed by atoms with Gasteiger partial charge in [0.1, 0.15) is 0 Å². The summed E-state index contributed by atoms with van der Waals surface area (Å²) in [6, 6.07) is 7.77. The maximum absolute atomic E-state index is 6.14. The Bertz CT molecular complexity index is 577. The smallest absolute Gasteiger partial charge is 0.240 e. The maximum atomic E-state index is 6.14. The van der Waals surface area contributed by atoms with Gasteiger partial charge in [0, 0.05) is 11.6 Å². The number of rotatable bonds is 5. The molecular formula is C14H19ClN4O. The van der Waals surface area contributed by atoms with E-state index in [1.165, 1.54) is 0 Å². The summed E-state index contributed by atoms with van der Waals surface area (Å²) in [7, 11) is 1.97. The summed E-state index contributed by atoms with van der Waals surface area (Å²) in [5.41, 5.74) is 6.40. The van der Waals surface area contributed by atoms with Gasteiger partial charge in [-0.05, 0) is 32.5 Å². The van der Waals surface area contributed by atoms with E-state index in [0.29, 0.717) is 24.8 Å². The van der Waals surface area contributed by atoms with E-state index in [2.05, 4.69) is 15.0 Å². The summed E-state index contributed by atoms with van der Waals surface area (Å²) < 4.78 is 5.21. The number of benzene rings is 1. The van der Waals surface area contributed by atoms with Crippen molar-refractivity contribution in [3.05, 3.63) is 46.6 Å². The number of nitrogens with two attached hydrogens (primary N) is 1. The summed E-state index contributed by atoms with van der Waals surface area (Å²) >= 11 is 6.14. The van der Waals surface area contributed by atoms with Crippen LogP contribution >= 0.6 is 11.6 Å². The van der Waals surface area contributed by atoms with E-state index >= 15 is 0 Å². The highest BCUT2D eigenvalue weighted by Crippen LogP contribution is 2.18. The predicted octanol–water partition coefficient (Wildman–Crippen LogP) is 2.55. The highest BCUT2D eigenvalue weighted by atomic mass is 35.5. The third-order valence-corrected chi connectivity index (χ3v) is 3.22. The van der Waals surface area contributed by atoms with Crippen LogP contribution in [0.2, 0.25) is 5.02 Å². The molecule has 0 saturated carbocycles. The van der Waals surface area contributed by atoms with Crippen LogP contribution < -0.4 is 5.73 Å². The first-order valence-corrected chi connectivity index (χ1v) is 6.78. The molecule has 0 amide bonds. The average molecular weight is 295 g/mol. The molecule has 0 spiro atoms. The molecule has 0 bridgehead atoms. The van der Waals surface area contributed by atoms with Crippen molar-refractivity contribution in [3.63, 3.8) is 0 Å². The van der Waals surface area contributed by atoms with Gasteiger partial charge in [0.25, 0.3) is 0 Å². The second-order valence-electron chi connectivity index (χ2n) is 5.50. The summed E-state index contributed by atoms with van der Waals surface area (Å²) in [5.74, 6) is 1.06. The van der Waals surface area contributed by atoms with Crippen molar-refractivity contribution in [2.24, 2.45) is 5.73 Å². The second-order valence-corrected chi connectivity index (χ2v) is 5.90. The third-order valence-electron chi connectivity index (χ3n) is 2.85. The van der Waals surface area contributed by atoms with Gasteiger partial charge in [0.2, 0.25) is 5.89 Å². The summed E-state index contributed by atoms with van der Waals surface area (Å²) in [6.45, 7) is 4.95. The van der Waals surface area contributed by atoms with Crippen LogP contribution in [0.15, 0.2) is 28.8 Å². The average Bonchev–Trinajstić information content (AvgIpc) is 2.80. The SMILES string of the molecule is CN(Cc1nc(C(C)(C)N)no1)Cc1ccccc1Cl. The molecule has 0 radical (unpaired) electrons. The fourth-order valence-corrected chi connectivity index (χ4v) is 1.98. The number of aromatic nitrogens is 2. The molecule has 0 fully saturated rings. The van der Waals surface area contributed by atoms with Gasteiger partial charge >= 0.3 is 0 Å². The largest absolute Gasteiger partial charge is 0.338 e. The minimum Gasteiger partial charge on any atom is -0.338 e. The Morgan fingerprint density at radius 1 is 1.30 bits per heavy atom. The van der Waals surface area contributed by atoms with Crippen LogP contribution in [-0.4, -0.2) is 22.1 Å². The van der Waals surface area contributed by atoms with Gasteiger partial charge in [-0.15, -0.1) is 0 Å². The Balaban J connectivity index is 2.00. The molecule has 20 heavy (non-hydrogen) atoms. The van der Waals surface area contributed by atoms with E-state index in [9.17, 15) is 0 Å². The van der Waals surface area contributed by atoms with E-state index in [0.717, 1.165) is 10.6 Å². The fourth-order valence-electron chi connectivity index (χ4n) is 1.79. The Morgan fingerprint density at radius 2 is 2.00 bits per heavy atom. The molecule has 108 valence electrons. The van der Waals surface area contributed by atoms with Gasteiger partial charge < -0.3 is 10.3 Å². The standard InChI is InChI=1S/C14H19ClN4O/c1-14(2,16)13-17-12(20-18-13)9-19(3)8-10-6-4-5-7-11(10)15/h4-7H,8-9,16H2,1-3H3. The monoisotopic (exact) mass is 294 g/mol. The molecule has 6 heteroatoms. The molecule has 2 aromatic rings. The molecule has 0 unspecified atom stereocenters. The van der Waals surface area contributed by atoms with Crippen LogP contribution in [0.5, 0.6) is 0 Å². The van der Waals surface area contributed by atoms with Crippen molar-refractivity contribution in [1.82, 2.24) is 15.0 Å². The first-order chi connectivity index (χ1) is 9.36. The molecule has 5 nitrogen and oxygen atoms in total. The zero-order valence-corrected chi connectivity index (χ0v) is 12.7. The van der Waals surface area contributed by atoms with Crippen molar-refractivity contribution in [1.29, 1.82) is 0 Å². The van der Waals surface area contributed by atoms with E-state index in [4.69, 9.17) is 21.9 Å². The molecular weight excluding hydrogens is 276 g/mol. The van der Waals surface area contributed by atoms with Gasteiger partial charge in [-0.2, -0.15) is 4.98 Å². The van der Waals surface area contributed by atoms with E-state index in [1.807, 2.05) is 45.2 Å². The number of hydrogen-bond donors (Lipinski definition) is 1. The topological polar surface area (TPSA) is 68.2 Å². The third kappa shape index (κ3) is 3.79. The molecule has 0 atom stereocenters. The van der Waals surface area contributed by atoms with Crippen molar-refractivity contribution in [3.8, 4) is 0 Å². The van der Waals surface area contributed by atoms with Crippen LogP contribution in [0.1, 0.15) is 31.1 Å². The molecule has 1 heterocycles. The van der Waals surface area contributed by atoms with Crippen LogP contribution in [-0.2, 0) is 18.6 Å². The molecule has 1 aromatic carbocycles. The first-order valence-electron chi connectivity index (χ1n) is 6.40. The summed E-state index contributed by atoms with van der Waals surface area (Å²) in [6.07, 6.45) is 0. The highest BCUT2D eigenvalue weighted by molar-refractivity contribution is 6.31. The summed E-state index contributed by atoms with van der Waals surface area (Å²) in [4.78, 5) is 6.37. The van der Waals surface area contributed by atoms with E-state index < -0.39 is 5.54 Å². The lowest BCUT2D eigenvalue weighted by atomic mass is 10.1. The van der Waals surface area contributed by atoms with Crippen molar-refractivity contribution in [2.45, 2.75) is 32.5 Å². The Morgan fingerprint density at radius 3 is 2.60 bits per heavy atom. The van der Waals surface area contributed by atoms with Crippen LogP contribution in [0.3, 0.4) is 0 Å². The molecule has 0 aliphatic heterocycles. The molecule has 0 aliphatic carbocycles. The Hall–Kier alpha value is -1.43. The minimum atomic E-state index is -0.594. The molecule has 1 aromatic heterocycles. The highest BCUT2D eigenvalue weighted by Gasteiger charge is 2.21. The van der Waals surface area contributed by atoms with Gasteiger partial charge in [-0.25, -0.2) is 0 Å². The zero-order chi connectivity index (χ0) is 14.8. The lowest BCUT2D eigenvalue weighted by Crippen LogP contribution is -2.30. The van der Waals surface area contributed by atoms with Gasteiger partial charge in [-0.3, -0.25) is 4.90 Å². The Kier molecular flexibility index (Phi) is 4.42. The Labute approximate surface area is 123 Å². The second kappa shape index (κ2) is 5.91. The first kappa shape index (κ1) is 15.0. The van der Waals surface area contributed by atoms with Gasteiger partial charge in [0.05, 0.1) is 12.1 Å². The van der Waals surface area contributed by atoms with Crippen molar-refractivity contribution >= 4 is 11.6 Å². The lowest BCUT2D eigenvalue weighted by molar-refractivity contribution is 0.259. The van der Waals surface area contributed by atoms with Crippen LogP contribution in [0.4, 0.5) is 0 Å². The number of halogens is 1. The normalized spacial score (nSPS) is 12.1. The number of hydrogen-bond acceptors (Lipinski definition) is 5. The van der Waals surface area contributed by atoms with Crippen LogP contribution in [0.25, 0.3) is 0 Å². The van der Waals surface area contributed by atoms with E-state index in [-0.39, 0.29) is 0 Å². The summed E-state index contributed by atoms with van der Waals surface area (Å²) in [5, 5.41) is 4.66. The van der Waals surface area contributed by atoms with Crippen LogP contribution in [0, 0.1) is 0 Å². The maximum Gasteiger partial charge on any atom is 0.240 e. The predicted molar refractivity (Wildman–Crippen MR) is 78.1 cm³/mol. The number of nitrogens with zero attached hydrogens (tertiary/aromatic N) is 3. The van der Waals surface area contributed by atoms with Crippen molar-refractivity contribution < 1.29 is 4.52 Å². The van der Waals surface area contributed by atoms with E-state index in [1.54, 1.807) is 0 Å². The molecule has 0 saturated heterocycles. The van der Waals surface area contributed by atoms with Gasteiger partial charge in [-0.1, -0.05) is 35.0 Å². The lowest BCUT2D eigenvalue weighted by Gasteiger charge is -2.15. The minimum absolute atomic E-state index is 0.513. The van der Waals surface area contributed by atoms with Gasteiger partial charge in [0.15, 0.2) is 5.82 Å². The fraction of sp³-hybridized carbons (Fsp3) is 0.429. The molecule has 2 rings (SSSR count). The quantitative estimate of drug-likeness (QED) is 0.918. The molecule has 0 aliphatic rings.